The van der Waals surface area contributed by atoms with E-state index < -0.39 is 5.72 Å². The van der Waals surface area contributed by atoms with Gasteiger partial charge in [-0.25, -0.2) is 9.48 Å². The smallest absolute Gasteiger partial charge is 0.271 e. The van der Waals surface area contributed by atoms with Crippen LogP contribution in [0, 0.1) is 6.92 Å². The molecule has 2 aromatic carbocycles. The first-order valence-electron chi connectivity index (χ1n) is 9.49. The highest BCUT2D eigenvalue weighted by molar-refractivity contribution is 5.96. The van der Waals surface area contributed by atoms with Gasteiger partial charge in [0.15, 0.2) is 18.0 Å². The predicted molar refractivity (Wildman–Crippen MR) is 106 cm³/mol. The molecule has 0 aliphatic carbocycles. The topological polar surface area (TPSA) is 44.9 Å². The van der Waals surface area contributed by atoms with Crippen LogP contribution < -0.4 is 14.4 Å². The quantitative estimate of drug-likeness (QED) is 0.843. The van der Waals surface area contributed by atoms with Crippen molar-refractivity contribution in [3.63, 3.8) is 0 Å². The van der Waals surface area contributed by atoms with Crippen LogP contribution in [-0.2, 0) is 5.72 Å². The van der Waals surface area contributed by atoms with Gasteiger partial charge in [-0.2, -0.15) is 0 Å². The number of hydrogen-bond donors (Lipinski definition) is 1. The molecule has 1 atom stereocenters. The van der Waals surface area contributed by atoms with Crippen LogP contribution in [0.15, 0.2) is 42.5 Å². The SMILES string of the molecule is COc1ccc([C@@]2(O)CN(c3ccc(C)cc3)C3=[N+]2CCCC3)cc1OC. The van der Waals surface area contributed by atoms with Crippen molar-refractivity contribution < 1.29 is 19.2 Å². The van der Waals surface area contributed by atoms with Crippen molar-refractivity contribution in [1.29, 1.82) is 0 Å². The third-order valence-electron chi connectivity index (χ3n) is 5.67. The Hall–Kier alpha value is -2.53. The molecule has 27 heavy (non-hydrogen) atoms. The van der Waals surface area contributed by atoms with Crippen LogP contribution in [0.5, 0.6) is 11.5 Å². The normalized spacial score (nSPS) is 22.0. The first-order chi connectivity index (χ1) is 13.1. The van der Waals surface area contributed by atoms with Gasteiger partial charge in [0.05, 0.1) is 20.8 Å². The van der Waals surface area contributed by atoms with E-state index in [0.717, 1.165) is 37.1 Å². The molecule has 0 saturated heterocycles. The summed E-state index contributed by atoms with van der Waals surface area (Å²) in [5.74, 6) is 2.50. The van der Waals surface area contributed by atoms with Gasteiger partial charge in [-0.05, 0) is 50.1 Å². The number of benzene rings is 2. The largest absolute Gasteiger partial charge is 0.493 e. The molecule has 1 N–H and O–H groups in total. The first-order valence-corrected chi connectivity index (χ1v) is 9.49. The van der Waals surface area contributed by atoms with E-state index >= 15 is 0 Å². The fraction of sp³-hybridized carbons (Fsp3) is 0.409. The fourth-order valence-electron chi connectivity index (χ4n) is 4.19. The highest BCUT2D eigenvalue weighted by Crippen LogP contribution is 2.38. The molecule has 142 valence electrons. The van der Waals surface area contributed by atoms with Crippen molar-refractivity contribution in [1.82, 2.24) is 0 Å². The highest BCUT2D eigenvalue weighted by atomic mass is 16.5. The molecule has 2 aliphatic rings. The standard InChI is InChI=1S/C22H27N2O3/c1-16-7-10-18(11-8-16)23-15-22(25,24-13-5-4-6-21(23)24)17-9-12-19(26-2)20(14-17)27-3/h7-12,14,25H,4-6,13,15H2,1-3H3/q+1/t22-/m0/s1. The average Bonchev–Trinajstić information content (AvgIpc) is 3.02. The third-order valence-corrected chi connectivity index (χ3v) is 5.67. The molecular formula is C22H27N2O3+. The van der Waals surface area contributed by atoms with Crippen LogP contribution in [0.3, 0.4) is 0 Å². The number of hydrogen-bond acceptors (Lipinski definition) is 4. The molecule has 0 fully saturated rings. The predicted octanol–water partition coefficient (Wildman–Crippen LogP) is 3.27. The number of rotatable bonds is 4. The summed E-state index contributed by atoms with van der Waals surface area (Å²) in [5.41, 5.74) is 2.10. The minimum absolute atomic E-state index is 0.501. The molecule has 0 aromatic heterocycles. The Morgan fingerprint density at radius 3 is 2.44 bits per heavy atom. The van der Waals surface area contributed by atoms with Crippen molar-refractivity contribution in [2.24, 2.45) is 0 Å². The van der Waals surface area contributed by atoms with Crippen LogP contribution in [0.1, 0.15) is 30.4 Å². The lowest BCUT2D eigenvalue weighted by molar-refractivity contribution is -0.661. The van der Waals surface area contributed by atoms with Crippen molar-refractivity contribution in [2.75, 3.05) is 32.2 Å². The summed E-state index contributed by atoms with van der Waals surface area (Å²) < 4.78 is 13.0. The van der Waals surface area contributed by atoms with Gasteiger partial charge in [0.2, 0.25) is 0 Å². The maximum atomic E-state index is 11.8. The first kappa shape index (κ1) is 17.9. The lowest BCUT2D eigenvalue weighted by Gasteiger charge is -2.25. The zero-order valence-electron chi connectivity index (χ0n) is 16.2. The van der Waals surface area contributed by atoms with Gasteiger partial charge in [0.1, 0.15) is 5.69 Å². The Kier molecular flexibility index (Phi) is 4.56. The molecule has 0 radical (unpaired) electrons. The second-order valence-electron chi connectivity index (χ2n) is 7.33. The monoisotopic (exact) mass is 367 g/mol. The number of methoxy groups -OCH3 is 2. The maximum Gasteiger partial charge on any atom is 0.271 e. The summed E-state index contributed by atoms with van der Waals surface area (Å²) in [6.45, 7) is 3.44. The van der Waals surface area contributed by atoms with Gasteiger partial charge < -0.3 is 14.6 Å². The van der Waals surface area contributed by atoms with Crippen molar-refractivity contribution in [3.8, 4) is 11.5 Å². The van der Waals surface area contributed by atoms with E-state index in [2.05, 4.69) is 40.7 Å². The van der Waals surface area contributed by atoms with Crippen LogP contribution in [0.2, 0.25) is 0 Å². The molecule has 5 nitrogen and oxygen atoms in total. The van der Waals surface area contributed by atoms with Crippen molar-refractivity contribution >= 4 is 11.5 Å². The van der Waals surface area contributed by atoms with Gasteiger partial charge in [0, 0.05) is 12.0 Å². The number of aryl methyl sites for hydroxylation is 1. The Morgan fingerprint density at radius 1 is 1.00 bits per heavy atom. The van der Waals surface area contributed by atoms with Crippen LogP contribution in [-0.4, -0.2) is 42.8 Å². The molecule has 0 bridgehead atoms. The van der Waals surface area contributed by atoms with Crippen LogP contribution >= 0.6 is 0 Å². The van der Waals surface area contributed by atoms with Gasteiger partial charge in [0.25, 0.3) is 11.6 Å². The number of β-amino-alcohol motifs (C(OH)–C–C–N with tert-alkyl or cyclic N) is 1. The molecule has 2 aromatic rings. The lowest BCUT2D eigenvalue weighted by Crippen LogP contribution is -2.41. The second-order valence-corrected chi connectivity index (χ2v) is 7.33. The van der Waals surface area contributed by atoms with E-state index in [0.29, 0.717) is 18.0 Å². The Morgan fingerprint density at radius 2 is 1.74 bits per heavy atom. The average molecular weight is 367 g/mol. The molecular weight excluding hydrogens is 340 g/mol. The zero-order valence-corrected chi connectivity index (χ0v) is 16.2. The summed E-state index contributed by atoms with van der Waals surface area (Å²) in [6.07, 6.45) is 3.21. The minimum Gasteiger partial charge on any atom is -0.493 e. The molecule has 0 unspecified atom stereocenters. The molecule has 5 heteroatoms. The molecule has 2 aliphatic heterocycles. The number of nitrogens with zero attached hydrogens (tertiary/aromatic N) is 2. The summed E-state index contributed by atoms with van der Waals surface area (Å²) >= 11 is 0. The van der Waals surface area contributed by atoms with Crippen molar-refractivity contribution in [3.05, 3.63) is 53.6 Å². The van der Waals surface area contributed by atoms with Crippen LogP contribution in [0.4, 0.5) is 5.69 Å². The second kappa shape index (κ2) is 6.89. The lowest BCUT2D eigenvalue weighted by atomic mass is 10.0. The molecule has 4 rings (SSSR count). The van der Waals surface area contributed by atoms with Gasteiger partial charge in [-0.15, -0.1) is 0 Å². The van der Waals surface area contributed by atoms with E-state index in [1.165, 1.54) is 11.4 Å². The van der Waals surface area contributed by atoms with Gasteiger partial charge in [-0.1, -0.05) is 17.7 Å². The number of anilines is 1. The third kappa shape index (κ3) is 2.96. The minimum atomic E-state index is -1.08. The number of ether oxygens (including phenoxy) is 2. The number of amidine groups is 1. The Balaban J connectivity index is 1.78. The van der Waals surface area contributed by atoms with E-state index in [4.69, 9.17) is 9.47 Å². The number of aliphatic hydroxyl groups is 1. The van der Waals surface area contributed by atoms with E-state index in [-0.39, 0.29) is 0 Å². The summed E-state index contributed by atoms with van der Waals surface area (Å²) in [4.78, 5) is 2.26. The van der Waals surface area contributed by atoms with E-state index in [1.807, 2.05) is 18.2 Å². The fourth-order valence-corrected chi connectivity index (χ4v) is 4.19. The van der Waals surface area contributed by atoms with Crippen molar-refractivity contribution in [2.45, 2.75) is 31.9 Å². The van der Waals surface area contributed by atoms with Crippen LogP contribution in [0.25, 0.3) is 0 Å². The maximum absolute atomic E-state index is 11.8. The van der Waals surface area contributed by atoms with E-state index in [1.54, 1.807) is 14.2 Å². The molecule has 0 amide bonds. The molecule has 0 spiro atoms. The zero-order chi connectivity index (χ0) is 19.0. The van der Waals surface area contributed by atoms with Gasteiger partial charge >= 0.3 is 0 Å². The summed E-state index contributed by atoms with van der Waals surface area (Å²) in [6, 6.07) is 14.2. The summed E-state index contributed by atoms with van der Waals surface area (Å²) in [7, 11) is 3.24. The van der Waals surface area contributed by atoms with E-state index in [9.17, 15) is 5.11 Å². The Labute approximate surface area is 160 Å². The Bertz CT molecular complexity index is 876. The molecule has 2 heterocycles. The molecule has 0 saturated carbocycles. The highest BCUT2D eigenvalue weighted by Gasteiger charge is 2.52. The summed E-state index contributed by atoms with van der Waals surface area (Å²) in [5, 5.41) is 11.8. The van der Waals surface area contributed by atoms with Gasteiger partial charge in [-0.3, -0.25) is 0 Å².